The van der Waals surface area contributed by atoms with E-state index in [9.17, 15) is 4.79 Å². The van der Waals surface area contributed by atoms with Gasteiger partial charge in [-0.15, -0.1) is 0 Å². The van der Waals surface area contributed by atoms with E-state index < -0.39 is 0 Å². The summed E-state index contributed by atoms with van der Waals surface area (Å²) in [6.07, 6.45) is 1.71. The molecular weight excluding hydrogens is 290 g/mol. The van der Waals surface area contributed by atoms with Crippen molar-refractivity contribution in [2.45, 2.75) is 6.73 Å². The molecule has 0 spiro atoms. The van der Waals surface area contributed by atoms with Crippen LogP contribution >= 0.6 is 0 Å². The Bertz CT molecular complexity index is 780. The molecule has 3 rings (SSSR count). The Labute approximate surface area is 134 Å². The van der Waals surface area contributed by atoms with E-state index in [-0.39, 0.29) is 5.91 Å². The van der Waals surface area contributed by atoms with E-state index in [1.165, 1.54) is 0 Å². The lowest BCUT2D eigenvalue weighted by Gasteiger charge is -2.06. The summed E-state index contributed by atoms with van der Waals surface area (Å²) in [5, 5.41) is 6.98. The number of rotatable bonds is 5. The average Bonchev–Trinajstić information content (AvgIpc) is 3.06. The number of nitrogens with zero attached hydrogens (tertiary/aromatic N) is 2. The summed E-state index contributed by atoms with van der Waals surface area (Å²) >= 11 is 0. The van der Waals surface area contributed by atoms with Crippen LogP contribution in [0.1, 0.15) is 10.5 Å². The maximum Gasteiger partial charge on any atom is 0.276 e. The van der Waals surface area contributed by atoms with E-state index >= 15 is 0 Å². The van der Waals surface area contributed by atoms with Crippen molar-refractivity contribution in [2.24, 2.45) is 0 Å². The summed E-state index contributed by atoms with van der Waals surface area (Å²) in [4.78, 5) is 12.2. The van der Waals surface area contributed by atoms with Crippen LogP contribution in [0.4, 0.5) is 5.69 Å². The number of ether oxygens (including phenoxy) is 1. The van der Waals surface area contributed by atoms with Gasteiger partial charge in [0.2, 0.25) is 0 Å². The number of benzene rings is 2. The lowest BCUT2D eigenvalue weighted by Crippen LogP contribution is -2.13. The Hall–Kier alpha value is -2.92. The minimum absolute atomic E-state index is 0.243. The first-order valence-electron chi connectivity index (χ1n) is 7.25. The van der Waals surface area contributed by atoms with Crippen LogP contribution in [-0.2, 0) is 11.5 Å². The maximum atomic E-state index is 12.2. The number of nitrogens with one attached hydrogen (secondary N) is 1. The van der Waals surface area contributed by atoms with Crippen molar-refractivity contribution in [2.75, 3.05) is 12.4 Å². The molecule has 1 heterocycles. The minimum atomic E-state index is -0.243. The molecule has 0 radical (unpaired) electrons. The fraction of sp³-hybridized carbons (Fsp3) is 0.111. The van der Waals surface area contributed by atoms with Gasteiger partial charge in [0.15, 0.2) is 5.69 Å². The molecule has 5 nitrogen and oxygen atoms in total. The predicted octanol–water partition coefficient (Wildman–Crippen LogP) is 3.41. The molecule has 1 amide bonds. The molecule has 23 heavy (non-hydrogen) atoms. The van der Waals surface area contributed by atoms with Crippen molar-refractivity contribution in [1.82, 2.24) is 9.78 Å². The Morgan fingerprint density at radius 1 is 1.04 bits per heavy atom. The van der Waals surface area contributed by atoms with Gasteiger partial charge in [0.25, 0.3) is 5.91 Å². The van der Waals surface area contributed by atoms with Crippen LogP contribution in [0.2, 0.25) is 0 Å². The van der Waals surface area contributed by atoms with E-state index in [0.29, 0.717) is 12.4 Å². The van der Waals surface area contributed by atoms with Gasteiger partial charge in [0.1, 0.15) is 6.73 Å². The molecule has 0 fully saturated rings. The number of aromatic nitrogens is 2. The molecule has 1 aromatic heterocycles. The Balaban J connectivity index is 1.69. The Morgan fingerprint density at radius 2 is 1.74 bits per heavy atom. The summed E-state index contributed by atoms with van der Waals surface area (Å²) in [7, 11) is 1.58. The van der Waals surface area contributed by atoms with Crippen molar-refractivity contribution >= 4 is 11.6 Å². The third-order valence-corrected chi connectivity index (χ3v) is 3.38. The number of anilines is 1. The van der Waals surface area contributed by atoms with Crippen LogP contribution in [-0.4, -0.2) is 22.8 Å². The first-order valence-corrected chi connectivity index (χ1v) is 7.25. The molecule has 116 valence electrons. The molecule has 0 aliphatic carbocycles. The lowest BCUT2D eigenvalue weighted by atomic mass is 10.1. The van der Waals surface area contributed by atoms with Gasteiger partial charge in [0.05, 0.1) is 0 Å². The van der Waals surface area contributed by atoms with Gasteiger partial charge in [-0.3, -0.25) is 4.79 Å². The first-order chi connectivity index (χ1) is 11.3. The number of methoxy groups -OCH3 is 1. The Kier molecular flexibility index (Phi) is 4.49. The normalized spacial score (nSPS) is 10.5. The quantitative estimate of drug-likeness (QED) is 0.786. The van der Waals surface area contributed by atoms with Gasteiger partial charge in [-0.1, -0.05) is 42.5 Å². The number of carbonyl (C=O) groups excluding carboxylic acids is 1. The van der Waals surface area contributed by atoms with E-state index in [4.69, 9.17) is 4.74 Å². The monoisotopic (exact) mass is 307 g/mol. The fourth-order valence-electron chi connectivity index (χ4n) is 2.26. The zero-order valence-corrected chi connectivity index (χ0v) is 12.8. The third-order valence-electron chi connectivity index (χ3n) is 3.38. The van der Waals surface area contributed by atoms with Crippen molar-refractivity contribution < 1.29 is 9.53 Å². The lowest BCUT2D eigenvalue weighted by molar-refractivity contribution is 0.101. The molecular formula is C18H17N3O2. The van der Waals surface area contributed by atoms with Gasteiger partial charge >= 0.3 is 0 Å². The van der Waals surface area contributed by atoms with Gasteiger partial charge in [-0.05, 0) is 29.3 Å². The van der Waals surface area contributed by atoms with Gasteiger partial charge in [-0.2, -0.15) is 5.10 Å². The highest BCUT2D eigenvalue weighted by Gasteiger charge is 2.09. The molecule has 3 aromatic rings. The summed E-state index contributed by atoms with van der Waals surface area (Å²) < 4.78 is 6.53. The molecule has 1 N–H and O–H groups in total. The molecule has 0 aliphatic heterocycles. The van der Waals surface area contributed by atoms with Crippen LogP contribution in [0.25, 0.3) is 11.1 Å². The molecule has 2 aromatic carbocycles. The summed E-state index contributed by atoms with van der Waals surface area (Å²) in [6.45, 7) is 0.319. The topological polar surface area (TPSA) is 56.1 Å². The van der Waals surface area contributed by atoms with Crippen LogP contribution in [0.15, 0.2) is 66.9 Å². The van der Waals surface area contributed by atoms with Crippen molar-refractivity contribution in [3.63, 3.8) is 0 Å². The molecule has 0 saturated carbocycles. The molecule has 5 heteroatoms. The van der Waals surface area contributed by atoms with Crippen molar-refractivity contribution in [1.29, 1.82) is 0 Å². The SMILES string of the molecule is COCn1ccc(C(=O)Nc2ccc(-c3ccccc3)cc2)n1. The van der Waals surface area contributed by atoms with Crippen LogP contribution in [0.5, 0.6) is 0 Å². The van der Waals surface area contributed by atoms with E-state index in [1.54, 1.807) is 24.1 Å². The van der Waals surface area contributed by atoms with Crippen LogP contribution < -0.4 is 5.32 Å². The summed E-state index contributed by atoms with van der Waals surface area (Å²) in [6, 6.07) is 19.5. The van der Waals surface area contributed by atoms with Crippen LogP contribution in [0.3, 0.4) is 0 Å². The standard InChI is InChI=1S/C18H17N3O2/c1-23-13-21-12-11-17(20-21)18(22)19-16-9-7-15(8-10-16)14-5-3-2-4-6-14/h2-12H,13H2,1H3,(H,19,22). The molecule has 0 saturated heterocycles. The zero-order valence-electron chi connectivity index (χ0n) is 12.8. The summed E-state index contributed by atoms with van der Waals surface area (Å²) in [5.74, 6) is -0.243. The summed E-state index contributed by atoms with van der Waals surface area (Å²) in [5.41, 5.74) is 3.34. The van der Waals surface area contributed by atoms with Crippen molar-refractivity contribution in [3.8, 4) is 11.1 Å². The van der Waals surface area contributed by atoms with E-state index in [2.05, 4.69) is 22.5 Å². The second-order valence-corrected chi connectivity index (χ2v) is 5.06. The number of carbonyl (C=O) groups is 1. The fourth-order valence-corrected chi connectivity index (χ4v) is 2.26. The van der Waals surface area contributed by atoms with Gasteiger partial charge in [-0.25, -0.2) is 4.68 Å². The van der Waals surface area contributed by atoms with Crippen molar-refractivity contribution in [3.05, 3.63) is 72.6 Å². The van der Waals surface area contributed by atoms with Gasteiger partial charge in [0, 0.05) is 19.0 Å². The first kappa shape index (κ1) is 15.0. The molecule has 0 bridgehead atoms. The van der Waals surface area contributed by atoms with E-state index in [1.807, 2.05) is 42.5 Å². The third kappa shape index (κ3) is 3.64. The van der Waals surface area contributed by atoms with Crippen LogP contribution in [0, 0.1) is 0 Å². The predicted molar refractivity (Wildman–Crippen MR) is 89.1 cm³/mol. The molecule has 0 atom stereocenters. The smallest absolute Gasteiger partial charge is 0.276 e. The minimum Gasteiger partial charge on any atom is -0.362 e. The second-order valence-electron chi connectivity index (χ2n) is 5.06. The largest absolute Gasteiger partial charge is 0.362 e. The highest BCUT2D eigenvalue weighted by atomic mass is 16.5. The number of hydrogen-bond donors (Lipinski definition) is 1. The van der Waals surface area contributed by atoms with Gasteiger partial charge < -0.3 is 10.1 Å². The highest BCUT2D eigenvalue weighted by molar-refractivity contribution is 6.02. The second kappa shape index (κ2) is 6.89. The Morgan fingerprint density at radius 3 is 2.43 bits per heavy atom. The maximum absolute atomic E-state index is 12.2. The van der Waals surface area contributed by atoms with E-state index in [0.717, 1.165) is 16.8 Å². The number of amides is 1. The number of hydrogen-bond acceptors (Lipinski definition) is 3. The highest BCUT2D eigenvalue weighted by Crippen LogP contribution is 2.21. The zero-order chi connectivity index (χ0) is 16.1. The molecule has 0 aliphatic rings. The molecule has 0 unspecified atom stereocenters. The average molecular weight is 307 g/mol.